The number of nitrogen functional groups attached to an aromatic ring is 1. The molecule has 0 unspecified atom stereocenters. The van der Waals surface area contributed by atoms with Crippen molar-refractivity contribution in [3.63, 3.8) is 0 Å². The van der Waals surface area contributed by atoms with Gasteiger partial charge in [-0.3, -0.25) is 0 Å². The van der Waals surface area contributed by atoms with Gasteiger partial charge < -0.3 is 14.9 Å². The summed E-state index contributed by atoms with van der Waals surface area (Å²) in [6.45, 7) is 5.35. The monoisotopic (exact) mass is 249 g/mol. The molecule has 2 aromatic rings. The molecule has 0 aliphatic rings. The van der Waals surface area contributed by atoms with Crippen molar-refractivity contribution in [3.05, 3.63) is 24.5 Å². The van der Waals surface area contributed by atoms with Crippen LogP contribution in [-0.4, -0.2) is 21.5 Å². The molecule has 0 saturated carbocycles. The van der Waals surface area contributed by atoms with E-state index in [0.717, 1.165) is 4.68 Å². The second-order valence-electron chi connectivity index (χ2n) is 4.82. The highest BCUT2D eigenvalue weighted by atomic mass is 16.6. The van der Waals surface area contributed by atoms with Gasteiger partial charge in [-0.15, -0.1) is 5.10 Å². The van der Waals surface area contributed by atoms with E-state index in [1.54, 1.807) is 39.0 Å². The second kappa shape index (κ2) is 4.21. The maximum atomic E-state index is 12.0. The van der Waals surface area contributed by atoms with E-state index in [1.165, 1.54) is 6.26 Å². The van der Waals surface area contributed by atoms with Gasteiger partial charge in [-0.25, -0.2) is 4.79 Å². The zero-order valence-corrected chi connectivity index (χ0v) is 10.5. The molecular formula is C12H15N3O3. The van der Waals surface area contributed by atoms with Crippen LogP contribution in [0.25, 0.3) is 11.5 Å². The maximum absolute atomic E-state index is 12.0. The topological polar surface area (TPSA) is 83.3 Å². The van der Waals surface area contributed by atoms with E-state index in [2.05, 4.69) is 5.10 Å². The van der Waals surface area contributed by atoms with Crippen molar-refractivity contribution in [2.75, 3.05) is 5.73 Å². The van der Waals surface area contributed by atoms with Crippen molar-refractivity contribution < 1.29 is 13.9 Å². The number of nitrogens with zero attached hydrogens (tertiary/aromatic N) is 2. The Bertz CT molecular complexity index is 550. The molecular weight excluding hydrogens is 234 g/mol. The van der Waals surface area contributed by atoms with Gasteiger partial charge in [0.25, 0.3) is 0 Å². The lowest BCUT2D eigenvalue weighted by atomic mass is 10.2. The quantitative estimate of drug-likeness (QED) is 0.839. The molecule has 6 heteroatoms. The summed E-state index contributed by atoms with van der Waals surface area (Å²) >= 11 is 0. The third-order valence-electron chi connectivity index (χ3n) is 2.07. The number of carbonyl (C=O) groups excluding carboxylic acids is 1. The van der Waals surface area contributed by atoms with Crippen LogP contribution in [-0.2, 0) is 4.74 Å². The Morgan fingerprint density at radius 3 is 2.78 bits per heavy atom. The van der Waals surface area contributed by atoms with Crippen LogP contribution in [0.15, 0.2) is 28.9 Å². The van der Waals surface area contributed by atoms with Crippen molar-refractivity contribution >= 4 is 11.9 Å². The summed E-state index contributed by atoms with van der Waals surface area (Å²) in [5, 5.41) is 3.91. The molecule has 0 fully saturated rings. The number of anilines is 1. The van der Waals surface area contributed by atoms with Crippen molar-refractivity contribution in [1.82, 2.24) is 9.78 Å². The first-order valence-corrected chi connectivity index (χ1v) is 5.49. The first-order chi connectivity index (χ1) is 8.37. The highest BCUT2D eigenvalue weighted by Crippen LogP contribution is 2.23. The predicted molar refractivity (Wildman–Crippen MR) is 66.0 cm³/mol. The van der Waals surface area contributed by atoms with Crippen LogP contribution in [0, 0.1) is 0 Å². The third kappa shape index (κ3) is 2.53. The molecule has 0 amide bonds. The number of hydrogen-bond donors (Lipinski definition) is 1. The third-order valence-corrected chi connectivity index (χ3v) is 2.07. The van der Waals surface area contributed by atoms with Gasteiger partial charge in [-0.2, -0.15) is 4.68 Å². The Hall–Kier alpha value is -2.24. The van der Waals surface area contributed by atoms with Gasteiger partial charge >= 0.3 is 6.09 Å². The van der Waals surface area contributed by atoms with Crippen molar-refractivity contribution in [2.45, 2.75) is 26.4 Å². The van der Waals surface area contributed by atoms with Gasteiger partial charge in [-0.1, -0.05) is 0 Å². The van der Waals surface area contributed by atoms with Crippen molar-refractivity contribution in [1.29, 1.82) is 0 Å². The number of ether oxygens (including phenoxy) is 1. The molecule has 0 radical (unpaired) electrons. The Morgan fingerprint density at radius 2 is 2.22 bits per heavy atom. The molecule has 96 valence electrons. The molecule has 2 heterocycles. The summed E-state index contributed by atoms with van der Waals surface area (Å²) in [5.74, 6) is 0.734. The molecule has 0 bridgehead atoms. The highest BCUT2D eigenvalue weighted by molar-refractivity contribution is 5.77. The minimum Gasteiger partial charge on any atom is -0.463 e. The summed E-state index contributed by atoms with van der Waals surface area (Å²) in [7, 11) is 0. The minimum absolute atomic E-state index is 0.229. The summed E-state index contributed by atoms with van der Waals surface area (Å²) in [6.07, 6.45) is 0.920. The van der Waals surface area contributed by atoms with E-state index >= 15 is 0 Å². The van der Waals surface area contributed by atoms with Crippen LogP contribution in [0.2, 0.25) is 0 Å². The number of rotatable bonds is 1. The Kier molecular flexibility index (Phi) is 2.86. The van der Waals surface area contributed by atoms with Gasteiger partial charge in [0.15, 0.2) is 5.76 Å². The average molecular weight is 249 g/mol. The van der Waals surface area contributed by atoms with Crippen LogP contribution in [0.4, 0.5) is 10.6 Å². The van der Waals surface area contributed by atoms with E-state index in [9.17, 15) is 4.79 Å². The Labute approximate surface area is 104 Å². The molecule has 6 nitrogen and oxygen atoms in total. The molecule has 0 aromatic carbocycles. The lowest BCUT2D eigenvalue weighted by molar-refractivity contribution is 0.0517. The smallest absolute Gasteiger partial charge is 0.435 e. The first kappa shape index (κ1) is 12.2. The maximum Gasteiger partial charge on any atom is 0.435 e. The lowest BCUT2D eigenvalue weighted by Crippen LogP contribution is -2.28. The van der Waals surface area contributed by atoms with Crippen LogP contribution in [0.5, 0.6) is 0 Å². The normalized spacial score (nSPS) is 11.5. The van der Waals surface area contributed by atoms with Crippen LogP contribution < -0.4 is 5.73 Å². The molecule has 0 aliphatic heterocycles. The minimum atomic E-state index is -0.599. The largest absolute Gasteiger partial charge is 0.463 e. The number of carbonyl (C=O) groups is 1. The number of aromatic nitrogens is 2. The average Bonchev–Trinajstić information content (AvgIpc) is 2.82. The van der Waals surface area contributed by atoms with Crippen LogP contribution in [0.1, 0.15) is 20.8 Å². The zero-order chi connectivity index (χ0) is 13.3. The molecule has 2 rings (SSSR count). The van der Waals surface area contributed by atoms with Crippen LogP contribution in [0.3, 0.4) is 0 Å². The zero-order valence-electron chi connectivity index (χ0n) is 10.5. The lowest BCUT2D eigenvalue weighted by Gasteiger charge is -2.19. The van der Waals surface area contributed by atoms with E-state index in [-0.39, 0.29) is 5.82 Å². The second-order valence-corrected chi connectivity index (χ2v) is 4.82. The fourth-order valence-corrected chi connectivity index (χ4v) is 1.44. The molecule has 0 spiro atoms. The first-order valence-electron chi connectivity index (χ1n) is 5.49. The highest BCUT2D eigenvalue weighted by Gasteiger charge is 2.22. The van der Waals surface area contributed by atoms with Gasteiger partial charge in [0.1, 0.15) is 17.1 Å². The van der Waals surface area contributed by atoms with Crippen LogP contribution >= 0.6 is 0 Å². The molecule has 18 heavy (non-hydrogen) atoms. The van der Waals surface area contributed by atoms with E-state index in [4.69, 9.17) is 14.9 Å². The Morgan fingerprint density at radius 1 is 1.50 bits per heavy atom. The summed E-state index contributed by atoms with van der Waals surface area (Å²) in [6, 6.07) is 5.00. The summed E-state index contributed by atoms with van der Waals surface area (Å²) in [5.41, 5.74) is 5.47. The predicted octanol–water partition coefficient (Wildman–Crippen LogP) is 2.51. The standard InChI is InChI=1S/C12H15N3O3/c1-12(2,3)18-11(16)15-8(7-10(13)14-15)9-5-4-6-17-9/h4-7H,1-3H3,(H2,13,14). The molecule has 2 N–H and O–H groups in total. The summed E-state index contributed by atoms with van der Waals surface area (Å²) < 4.78 is 11.6. The fraction of sp³-hybridized carbons (Fsp3) is 0.333. The molecule has 0 saturated heterocycles. The van der Waals surface area contributed by atoms with Gasteiger partial charge in [0.2, 0.25) is 0 Å². The van der Waals surface area contributed by atoms with Crippen molar-refractivity contribution in [3.8, 4) is 11.5 Å². The van der Waals surface area contributed by atoms with E-state index in [1.807, 2.05) is 0 Å². The Balaban J connectivity index is 2.37. The van der Waals surface area contributed by atoms with E-state index < -0.39 is 11.7 Å². The van der Waals surface area contributed by atoms with Gasteiger partial charge in [0.05, 0.1) is 6.26 Å². The number of nitrogens with two attached hydrogens (primary N) is 1. The van der Waals surface area contributed by atoms with Crippen molar-refractivity contribution in [2.24, 2.45) is 0 Å². The SMILES string of the molecule is CC(C)(C)OC(=O)n1nc(N)cc1-c1ccco1. The molecule has 2 aromatic heterocycles. The summed E-state index contributed by atoms with van der Waals surface area (Å²) in [4.78, 5) is 12.0. The number of furan rings is 1. The van der Waals surface area contributed by atoms with Gasteiger partial charge in [0, 0.05) is 6.07 Å². The molecule has 0 atom stereocenters. The number of hydrogen-bond acceptors (Lipinski definition) is 5. The van der Waals surface area contributed by atoms with E-state index in [0.29, 0.717) is 11.5 Å². The molecule has 0 aliphatic carbocycles. The van der Waals surface area contributed by atoms with Gasteiger partial charge in [-0.05, 0) is 32.9 Å². The fourth-order valence-electron chi connectivity index (χ4n) is 1.44.